The number of aromatic nitrogens is 1. The first-order valence-corrected chi connectivity index (χ1v) is 8.54. The molecule has 0 bridgehead atoms. The molecule has 0 saturated heterocycles. The summed E-state index contributed by atoms with van der Waals surface area (Å²) >= 11 is 3.30. The van der Waals surface area contributed by atoms with Crippen molar-refractivity contribution in [3.05, 3.63) is 39.2 Å². The average molecular weight is 374 g/mol. The Balaban J connectivity index is 2.48. The SMILES string of the molecule is CN(C)CCNS(=O)(=O)c1c[nH]c(=O)c2ccc(Br)cc12. The molecule has 114 valence electrons. The molecule has 0 radical (unpaired) electrons. The van der Waals surface area contributed by atoms with Crippen molar-refractivity contribution >= 4 is 36.7 Å². The third kappa shape index (κ3) is 3.70. The van der Waals surface area contributed by atoms with Crippen molar-refractivity contribution in [1.82, 2.24) is 14.6 Å². The Morgan fingerprint density at radius 3 is 2.67 bits per heavy atom. The van der Waals surface area contributed by atoms with E-state index in [1.165, 1.54) is 6.20 Å². The smallest absolute Gasteiger partial charge is 0.255 e. The summed E-state index contributed by atoms with van der Waals surface area (Å²) in [5, 5.41) is 0.735. The van der Waals surface area contributed by atoms with Crippen LogP contribution in [0.2, 0.25) is 0 Å². The maximum Gasteiger partial charge on any atom is 0.255 e. The molecule has 6 nitrogen and oxygen atoms in total. The van der Waals surface area contributed by atoms with Gasteiger partial charge in [0.2, 0.25) is 10.0 Å². The second-order valence-corrected chi connectivity index (χ2v) is 7.52. The number of fused-ring (bicyclic) bond motifs is 1. The number of likely N-dealkylation sites (N-methyl/N-ethyl adjacent to an activating group) is 1. The zero-order valence-electron chi connectivity index (χ0n) is 11.7. The summed E-state index contributed by atoms with van der Waals surface area (Å²) in [7, 11) is 0.0401. The number of pyridine rings is 1. The van der Waals surface area contributed by atoms with E-state index in [1.807, 2.05) is 19.0 Å². The van der Waals surface area contributed by atoms with Gasteiger partial charge in [-0.15, -0.1) is 0 Å². The second kappa shape index (κ2) is 6.27. The van der Waals surface area contributed by atoms with Crippen molar-refractivity contribution < 1.29 is 8.42 Å². The monoisotopic (exact) mass is 373 g/mol. The molecule has 1 heterocycles. The van der Waals surface area contributed by atoms with Crippen molar-refractivity contribution in [2.75, 3.05) is 27.2 Å². The molecule has 8 heteroatoms. The summed E-state index contributed by atoms with van der Waals surface area (Å²) < 4.78 is 28.0. The predicted molar refractivity (Wildman–Crippen MR) is 86.0 cm³/mol. The van der Waals surface area contributed by atoms with Gasteiger partial charge in [-0.1, -0.05) is 15.9 Å². The fourth-order valence-electron chi connectivity index (χ4n) is 1.91. The van der Waals surface area contributed by atoms with Gasteiger partial charge < -0.3 is 9.88 Å². The van der Waals surface area contributed by atoms with Crippen LogP contribution in [0.4, 0.5) is 0 Å². The Morgan fingerprint density at radius 2 is 2.00 bits per heavy atom. The van der Waals surface area contributed by atoms with E-state index in [0.29, 0.717) is 28.3 Å². The van der Waals surface area contributed by atoms with E-state index in [0.717, 1.165) is 0 Å². The largest absolute Gasteiger partial charge is 0.327 e. The summed E-state index contributed by atoms with van der Waals surface area (Å²) in [5.41, 5.74) is -0.315. The molecule has 0 amide bonds. The van der Waals surface area contributed by atoms with Gasteiger partial charge in [0.15, 0.2) is 0 Å². The van der Waals surface area contributed by atoms with Crippen LogP contribution in [0.15, 0.2) is 38.6 Å². The number of benzene rings is 1. The summed E-state index contributed by atoms with van der Waals surface area (Å²) in [6.45, 7) is 0.883. The van der Waals surface area contributed by atoms with Crippen molar-refractivity contribution in [1.29, 1.82) is 0 Å². The number of aromatic amines is 1. The fourth-order valence-corrected chi connectivity index (χ4v) is 3.46. The van der Waals surface area contributed by atoms with Gasteiger partial charge in [0.05, 0.1) is 0 Å². The molecule has 1 aromatic carbocycles. The van der Waals surface area contributed by atoms with Crippen LogP contribution in [0.1, 0.15) is 0 Å². The average Bonchev–Trinajstić information content (AvgIpc) is 2.37. The van der Waals surface area contributed by atoms with Crippen LogP contribution < -0.4 is 10.3 Å². The normalized spacial score (nSPS) is 12.2. The van der Waals surface area contributed by atoms with Crippen LogP contribution in [-0.4, -0.2) is 45.5 Å². The van der Waals surface area contributed by atoms with Crippen LogP contribution in [0.5, 0.6) is 0 Å². The molecular weight excluding hydrogens is 358 g/mol. The quantitative estimate of drug-likeness (QED) is 0.822. The van der Waals surface area contributed by atoms with E-state index in [2.05, 4.69) is 25.6 Å². The Bertz CT molecular complexity index is 815. The Labute approximate surface area is 131 Å². The number of H-pyrrole nitrogens is 1. The van der Waals surface area contributed by atoms with Crippen molar-refractivity contribution in [3.8, 4) is 0 Å². The van der Waals surface area contributed by atoms with E-state index in [1.54, 1.807) is 18.2 Å². The third-order valence-electron chi connectivity index (χ3n) is 2.97. The molecular formula is C13H16BrN3O3S. The predicted octanol–water partition coefficient (Wildman–Crippen LogP) is 1.13. The molecule has 0 saturated carbocycles. The van der Waals surface area contributed by atoms with E-state index in [4.69, 9.17) is 0 Å². The first-order valence-electron chi connectivity index (χ1n) is 6.26. The van der Waals surface area contributed by atoms with Gasteiger partial charge in [0, 0.05) is 34.5 Å². The topological polar surface area (TPSA) is 82.3 Å². The van der Waals surface area contributed by atoms with E-state index in [9.17, 15) is 13.2 Å². The van der Waals surface area contributed by atoms with Crippen molar-refractivity contribution in [2.24, 2.45) is 0 Å². The minimum absolute atomic E-state index is 0.0668. The Hall–Kier alpha value is -1.22. The minimum atomic E-state index is -3.68. The standard InChI is InChI=1S/C13H16BrN3O3S/c1-17(2)6-5-16-21(19,20)12-8-15-13(18)10-4-3-9(14)7-11(10)12/h3-4,7-8,16H,5-6H2,1-2H3,(H,15,18). The first kappa shape index (κ1) is 16.2. The van der Waals surface area contributed by atoms with E-state index in [-0.39, 0.29) is 10.5 Å². The number of nitrogens with one attached hydrogen (secondary N) is 2. The summed E-state index contributed by atoms with van der Waals surface area (Å²) in [4.78, 5) is 16.2. The van der Waals surface area contributed by atoms with Gasteiger partial charge in [0.25, 0.3) is 5.56 Å². The van der Waals surface area contributed by atoms with Gasteiger partial charge in [-0.25, -0.2) is 13.1 Å². The molecule has 2 aromatic rings. The molecule has 1 aromatic heterocycles. The summed E-state index contributed by atoms with van der Waals surface area (Å²) in [6.07, 6.45) is 1.23. The second-order valence-electron chi connectivity index (χ2n) is 4.87. The lowest BCUT2D eigenvalue weighted by Gasteiger charge is -2.12. The van der Waals surface area contributed by atoms with Crippen LogP contribution in [0.25, 0.3) is 10.8 Å². The molecule has 0 spiro atoms. The number of halogens is 1. The van der Waals surface area contributed by atoms with Crippen molar-refractivity contribution in [2.45, 2.75) is 4.90 Å². The maximum atomic E-state index is 12.4. The van der Waals surface area contributed by atoms with Gasteiger partial charge in [-0.3, -0.25) is 4.79 Å². The zero-order chi connectivity index (χ0) is 15.6. The number of hydrogen-bond acceptors (Lipinski definition) is 4. The number of nitrogens with zero attached hydrogens (tertiary/aromatic N) is 1. The van der Waals surface area contributed by atoms with E-state index >= 15 is 0 Å². The maximum absolute atomic E-state index is 12.4. The van der Waals surface area contributed by atoms with E-state index < -0.39 is 10.0 Å². The molecule has 0 aliphatic carbocycles. The molecule has 0 aliphatic rings. The van der Waals surface area contributed by atoms with Crippen LogP contribution >= 0.6 is 15.9 Å². The Morgan fingerprint density at radius 1 is 1.29 bits per heavy atom. The molecule has 2 rings (SSSR count). The zero-order valence-corrected chi connectivity index (χ0v) is 14.1. The molecule has 21 heavy (non-hydrogen) atoms. The van der Waals surface area contributed by atoms with Crippen molar-refractivity contribution in [3.63, 3.8) is 0 Å². The highest BCUT2D eigenvalue weighted by Gasteiger charge is 2.18. The minimum Gasteiger partial charge on any atom is -0.327 e. The highest BCUT2D eigenvalue weighted by Crippen LogP contribution is 2.23. The van der Waals surface area contributed by atoms with Crippen LogP contribution in [0, 0.1) is 0 Å². The number of sulfonamides is 1. The molecule has 0 fully saturated rings. The fraction of sp³-hybridized carbons (Fsp3) is 0.308. The lowest BCUT2D eigenvalue weighted by Crippen LogP contribution is -2.31. The highest BCUT2D eigenvalue weighted by atomic mass is 79.9. The van der Waals surface area contributed by atoms with Crippen LogP contribution in [0.3, 0.4) is 0 Å². The van der Waals surface area contributed by atoms with Gasteiger partial charge in [-0.2, -0.15) is 0 Å². The molecule has 0 atom stereocenters. The van der Waals surface area contributed by atoms with Gasteiger partial charge in [0.1, 0.15) is 4.90 Å². The summed E-state index contributed by atoms with van der Waals surface area (Å²) in [5.74, 6) is 0. The molecule has 0 unspecified atom stereocenters. The lowest BCUT2D eigenvalue weighted by molar-refractivity contribution is 0.412. The number of rotatable bonds is 5. The highest BCUT2D eigenvalue weighted by molar-refractivity contribution is 9.10. The third-order valence-corrected chi connectivity index (χ3v) is 4.96. The van der Waals surface area contributed by atoms with Gasteiger partial charge >= 0.3 is 0 Å². The lowest BCUT2D eigenvalue weighted by atomic mass is 10.2. The van der Waals surface area contributed by atoms with Gasteiger partial charge in [-0.05, 0) is 32.3 Å². The van der Waals surface area contributed by atoms with Crippen LogP contribution in [-0.2, 0) is 10.0 Å². The Kier molecular flexibility index (Phi) is 4.82. The number of hydrogen-bond donors (Lipinski definition) is 2. The molecule has 0 aliphatic heterocycles. The molecule has 2 N–H and O–H groups in total. The summed E-state index contributed by atoms with van der Waals surface area (Å²) in [6, 6.07) is 4.93. The first-order chi connectivity index (χ1) is 9.81.